The number of furan rings is 1. The number of benzene rings is 1. The Morgan fingerprint density at radius 1 is 1.15 bits per heavy atom. The summed E-state index contributed by atoms with van der Waals surface area (Å²) in [6, 6.07) is 11.1. The first-order chi connectivity index (χ1) is 16.2. The summed E-state index contributed by atoms with van der Waals surface area (Å²) in [7, 11) is -3.36. The molecule has 0 aliphatic carbocycles. The number of sulfonamides is 1. The van der Waals surface area contributed by atoms with E-state index in [9.17, 15) is 13.2 Å². The molecular formula is C23H29N5O4S2. The van der Waals surface area contributed by atoms with Crippen molar-refractivity contribution in [3.63, 3.8) is 0 Å². The van der Waals surface area contributed by atoms with Crippen LogP contribution in [-0.2, 0) is 21.4 Å². The van der Waals surface area contributed by atoms with Crippen LogP contribution in [0.4, 0.5) is 5.69 Å². The van der Waals surface area contributed by atoms with Crippen LogP contribution in [0.5, 0.6) is 0 Å². The second-order valence-electron chi connectivity index (χ2n) is 8.64. The summed E-state index contributed by atoms with van der Waals surface area (Å²) in [6.07, 6.45) is 5.93. The SMILES string of the molecule is C[C@H]1CCC[C@H](C)N1C(=O)CSc1nnc(-c2ccc(NS(C)(=O)=O)cc2)n1Cc1ccco1. The van der Waals surface area contributed by atoms with Gasteiger partial charge in [-0.1, -0.05) is 11.8 Å². The number of nitrogens with zero attached hydrogens (tertiary/aromatic N) is 4. The summed E-state index contributed by atoms with van der Waals surface area (Å²) in [6.45, 7) is 4.63. The molecule has 182 valence electrons. The number of nitrogens with one attached hydrogen (secondary N) is 1. The highest BCUT2D eigenvalue weighted by Crippen LogP contribution is 2.28. The van der Waals surface area contributed by atoms with Crippen LogP contribution in [0.15, 0.2) is 52.2 Å². The number of piperidine rings is 1. The first kappa shape index (κ1) is 24.3. The third-order valence-corrected chi connectivity index (χ3v) is 7.42. The lowest BCUT2D eigenvalue weighted by Crippen LogP contribution is -2.48. The van der Waals surface area contributed by atoms with E-state index in [2.05, 4.69) is 28.8 Å². The van der Waals surface area contributed by atoms with Crippen LogP contribution in [-0.4, -0.2) is 58.1 Å². The zero-order valence-electron chi connectivity index (χ0n) is 19.5. The Bertz CT molecular complexity index is 1210. The normalized spacial score (nSPS) is 18.7. The summed E-state index contributed by atoms with van der Waals surface area (Å²) in [5, 5.41) is 9.36. The highest BCUT2D eigenvalue weighted by molar-refractivity contribution is 7.99. The summed E-state index contributed by atoms with van der Waals surface area (Å²) in [5.74, 6) is 1.73. The van der Waals surface area contributed by atoms with Crippen molar-refractivity contribution in [2.75, 3.05) is 16.7 Å². The predicted molar refractivity (Wildman–Crippen MR) is 132 cm³/mol. The van der Waals surface area contributed by atoms with Gasteiger partial charge in [0.1, 0.15) is 5.76 Å². The average Bonchev–Trinajstić information content (AvgIpc) is 3.42. The summed E-state index contributed by atoms with van der Waals surface area (Å²) >= 11 is 1.37. The minimum atomic E-state index is -3.36. The van der Waals surface area contributed by atoms with Gasteiger partial charge in [-0.2, -0.15) is 0 Å². The molecule has 0 spiro atoms. The molecule has 34 heavy (non-hydrogen) atoms. The number of carbonyl (C=O) groups excluding carboxylic acids is 1. The summed E-state index contributed by atoms with van der Waals surface area (Å²) < 4.78 is 32.9. The van der Waals surface area contributed by atoms with Gasteiger partial charge < -0.3 is 9.32 Å². The summed E-state index contributed by atoms with van der Waals surface area (Å²) in [5.41, 5.74) is 1.24. The molecule has 1 aliphatic heterocycles. The van der Waals surface area contributed by atoms with E-state index in [4.69, 9.17) is 4.42 Å². The van der Waals surface area contributed by atoms with Gasteiger partial charge >= 0.3 is 0 Å². The lowest BCUT2D eigenvalue weighted by Gasteiger charge is -2.39. The maximum atomic E-state index is 13.0. The second-order valence-corrected chi connectivity index (χ2v) is 11.3. The van der Waals surface area contributed by atoms with Gasteiger partial charge in [-0.15, -0.1) is 10.2 Å². The van der Waals surface area contributed by atoms with Crippen LogP contribution in [0.3, 0.4) is 0 Å². The number of hydrogen-bond acceptors (Lipinski definition) is 7. The van der Waals surface area contributed by atoms with E-state index in [1.54, 1.807) is 30.5 Å². The van der Waals surface area contributed by atoms with E-state index in [0.717, 1.165) is 36.8 Å². The number of thioether (sulfide) groups is 1. The van der Waals surface area contributed by atoms with Crippen LogP contribution >= 0.6 is 11.8 Å². The Kier molecular flexibility index (Phi) is 7.32. The quantitative estimate of drug-likeness (QED) is 0.465. The Morgan fingerprint density at radius 3 is 2.47 bits per heavy atom. The van der Waals surface area contributed by atoms with Crippen molar-refractivity contribution in [3.8, 4) is 11.4 Å². The fraction of sp³-hybridized carbons (Fsp3) is 0.435. The van der Waals surface area contributed by atoms with E-state index < -0.39 is 10.0 Å². The van der Waals surface area contributed by atoms with Crippen molar-refractivity contribution in [2.45, 2.75) is 56.9 Å². The van der Waals surface area contributed by atoms with Crippen LogP contribution in [0.2, 0.25) is 0 Å². The number of likely N-dealkylation sites (tertiary alicyclic amines) is 1. The molecule has 1 aliphatic rings. The van der Waals surface area contributed by atoms with Gasteiger partial charge in [-0.25, -0.2) is 8.42 Å². The first-order valence-electron chi connectivity index (χ1n) is 11.2. The molecule has 3 aromatic rings. The summed E-state index contributed by atoms with van der Waals surface area (Å²) in [4.78, 5) is 15.0. The largest absolute Gasteiger partial charge is 0.467 e. The topological polar surface area (TPSA) is 110 Å². The predicted octanol–water partition coefficient (Wildman–Crippen LogP) is 3.84. The van der Waals surface area contributed by atoms with Crippen LogP contribution < -0.4 is 4.72 Å². The monoisotopic (exact) mass is 503 g/mol. The number of carbonyl (C=O) groups is 1. The highest BCUT2D eigenvalue weighted by Gasteiger charge is 2.29. The maximum Gasteiger partial charge on any atom is 0.233 e. The van der Waals surface area contributed by atoms with E-state index in [1.165, 1.54) is 11.8 Å². The lowest BCUT2D eigenvalue weighted by atomic mass is 9.98. The molecule has 1 aromatic carbocycles. The van der Waals surface area contributed by atoms with Gasteiger partial charge in [0.05, 0.1) is 24.8 Å². The third kappa shape index (κ3) is 5.82. The van der Waals surface area contributed by atoms with Crippen molar-refractivity contribution in [2.24, 2.45) is 0 Å². The molecule has 1 amide bonds. The number of rotatable bonds is 8. The van der Waals surface area contributed by atoms with E-state index in [0.29, 0.717) is 23.2 Å². The van der Waals surface area contributed by atoms with E-state index in [1.807, 2.05) is 21.6 Å². The van der Waals surface area contributed by atoms with Crippen molar-refractivity contribution in [1.82, 2.24) is 19.7 Å². The van der Waals surface area contributed by atoms with Crippen molar-refractivity contribution in [1.29, 1.82) is 0 Å². The fourth-order valence-corrected chi connectivity index (χ4v) is 5.70. The molecule has 1 saturated heterocycles. The van der Waals surface area contributed by atoms with Crippen LogP contribution in [0.1, 0.15) is 38.9 Å². The zero-order valence-corrected chi connectivity index (χ0v) is 21.1. The number of hydrogen-bond donors (Lipinski definition) is 1. The molecule has 9 nitrogen and oxygen atoms in total. The van der Waals surface area contributed by atoms with Crippen molar-refractivity contribution >= 4 is 33.4 Å². The average molecular weight is 504 g/mol. The molecule has 0 bridgehead atoms. The highest BCUT2D eigenvalue weighted by atomic mass is 32.2. The van der Waals surface area contributed by atoms with Gasteiger partial charge in [0, 0.05) is 23.3 Å². The molecule has 3 heterocycles. The van der Waals surface area contributed by atoms with Gasteiger partial charge in [0.25, 0.3) is 0 Å². The Hall–Kier alpha value is -2.79. The molecule has 0 radical (unpaired) electrons. The Morgan fingerprint density at radius 2 is 1.85 bits per heavy atom. The fourth-order valence-electron chi connectivity index (χ4n) is 4.33. The molecule has 2 atom stereocenters. The van der Waals surface area contributed by atoms with Gasteiger partial charge in [0.2, 0.25) is 15.9 Å². The van der Waals surface area contributed by atoms with Crippen molar-refractivity contribution < 1.29 is 17.6 Å². The second kappa shape index (κ2) is 10.2. The maximum absolute atomic E-state index is 13.0. The third-order valence-electron chi connectivity index (χ3n) is 5.86. The number of anilines is 1. The number of amides is 1. The molecular weight excluding hydrogens is 474 g/mol. The minimum Gasteiger partial charge on any atom is -0.467 e. The number of aromatic nitrogens is 3. The Labute approximate surface area is 204 Å². The van der Waals surface area contributed by atoms with Gasteiger partial charge in [0.15, 0.2) is 11.0 Å². The van der Waals surface area contributed by atoms with Gasteiger partial charge in [-0.3, -0.25) is 14.1 Å². The van der Waals surface area contributed by atoms with E-state index in [-0.39, 0.29) is 23.7 Å². The molecule has 0 unspecified atom stereocenters. The molecule has 2 aromatic heterocycles. The first-order valence-corrected chi connectivity index (χ1v) is 14.1. The van der Waals surface area contributed by atoms with E-state index >= 15 is 0 Å². The molecule has 1 fully saturated rings. The zero-order chi connectivity index (χ0) is 24.3. The molecule has 4 rings (SSSR count). The van der Waals surface area contributed by atoms with Gasteiger partial charge in [-0.05, 0) is 69.5 Å². The smallest absolute Gasteiger partial charge is 0.233 e. The molecule has 0 saturated carbocycles. The lowest BCUT2D eigenvalue weighted by molar-refractivity contribution is -0.134. The van der Waals surface area contributed by atoms with Crippen LogP contribution in [0.25, 0.3) is 11.4 Å². The molecule has 11 heteroatoms. The Balaban J connectivity index is 1.56. The van der Waals surface area contributed by atoms with Crippen molar-refractivity contribution in [3.05, 3.63) is 48.4 Å². The minimum absolute atomic E-state index is 0.106. The molecule has 1 N–H and O–H groups in total. The standard InChI is InChI=1S/C23H29N5O4S2/c1-16-6-4-7-17(2)28(16)21(29)15-33-23-25-24-22(27(23)14-20-8-5-13-32-20)18-9-11-19(12-10-18)26-34(3,30)31/h5,8-13,16-17,26H,4,6-7,14-15H2,1-3H3/t16-,17-/m0/s1. The van der Waals surface area contributed by atoms with Crippen LogP contribution in [0, 0.1) is 0 Å².